The molecule has 3 aromatic rings. The Morgan fingerprint density at radius 3 is 2.70 bits per heavy atom. The maximum Gasteiger partial charge on any atom is 0.349 e. The van der Waals surface area contributed by atoms with Crippen LogP contribution in [0.25, 0.3) is 10.9 Å². The van der Waals surface area contributed by atoms with Gasteiger partial charge < -0.3 is 19.2 Å². The van der Waals surface area contributed by atoms with Crippen LogP contribution in [-0.2, 0) is 9.53 Å². The lowest BCUT2D eigenvalue weighted by Gasteiger charge is -2.16. The van der Waals surface area contributed by atoms with Gasteiger partial charge >= 0.3 is 17.3 Å². The first-order valence-corrected chi connectivity index (χ1v) is 9.75. The summed E-state index contributed by atoms with van der Waals surface area (Å²) in [5, 5.41) is 15.8. The van der Waals surface area contributed by atoms with Gasteiger partial charge in [-0.3, -0.25) is 14.9 Å². The minimum Gasteiger partial charge on any atom is -0.493 e. The highest BCUT2D eigenvalue weighted by Crippen LogP contribution is 2.38. The number of nitro groups is 1. The van der Waals surface area contributed by atoms with Crippen LogP contribution in [0.15, 0.2) is 51.1 Å². The van der Waals surface area contributed by atoms with Gasteiger partial charge in [-0.1, -0.05) is 12.1 Å². The van der Waals surface area contributed by atoms with E-state index in [2.05, 4.69) is 10.1 Å². The highest BCUT2D eigenvalue weighted by atomic mass is 16.6. The zero-order chi connectivity index (χ0) is 24.1. The molecule has 12 heteroatoms. The summed E-state index contributed by atoms with van der Waals surface area (Å²) < 4.78 is 16.1. The van der Waals surface area contributed by atoms with Crippen molar-refractivity contribution in [3.63, 3.8) is 0 Å². The van der Waals surface area contributed by atoms with Crippen LogP contribution in [0.4, 0.5) is 5.69 Å². The molecule has 2 aromatic carbocycles. The lowest BCUT2D eigenvalue weighted by Crippen LogP contribution is -2.32. The molecule has 1 aromatic heterocycles. The summed E-state index contributed by atoms with van der Waals surface area (Å²) in [5.41, 5.74) is -1.44. The molecule has 1 N–H and O–H groups in total. The topological polar surface area (TPSA) is 155 Å². The number of rotatable bonds is 8. The lowest BCUT2D eigenvalue weighted by atomic mass is 10.2. The number of carbonyl (C=O) groups excluding carboxylic acids is 1. The van der Waals surface area contributed by atoms with Crippen LogP contribution >= 0.6 is 0 Å². The van der Waals surface area contributed by atoms with E-state index in [0.29, 0.717) is 10.2 Å². The second-order valence-electron chi connectivity index (χ2n) is 6.68. The zero-order valence-corrected chi connectivity index (χ0v) is 17.9. The summed E-state index contributed by atoms with van der Waals surface area (Å²) >= 11 is 0. The van der Waals surface area contributed by atoms with E-state index in [9.17, 15) is 24.5 Å². The van der Waals surface area contributed by atoms with E-state index < -0.39 is 33.9 Å². The number of aromatic amines is 1. The number of fused-ring (bicyclic) bond motifs is 1. The Kier molecular flexibility index (Phi) is 6.86. The van der Waals surface area contributed by atoms with E-state index in [1.165, 1.54) is 26.2 Å². The number of benzene rings is 2. The number of para-hydroxylation sites is 1. The zero-order valence-electron chi connectivity index (χ0n) is 17.9. The molecule has 0 fully saturated rings. The molecule has 0 spiro atoms. The Morgan fingerprint density at radius 2 is 2.03 bits per heavy atom. The van der Waals surface area contributed by atoms with Crippen LogP contribution in [0.1, 0.15) is 19.4 Å². The fourth-order valence-corrected chi connectivity index (χ4v) is 2.96. The summed E-state index contributed by atoms with van der Waals surface area (Å²) in [4.78, 5) is 50.2. The number of carbonyl (C=O) groups is 1. The standard InChI is InChI=1S/C21H20N4O8/c1-4-32-20(27)12(2)33-18-16(25(29)30)9-13(10-17(18)31-3)11-22-24-19(26)14-7-5-6-8-15(14)23-21(24)28/h5-12H,4H2,1-3H3,(H,23,28). The third-order valence-electron chi connectivity index (χ3n) is 4.49. The highest BCUT2D eigenvalue weighted by molar-refractivity contribution is 5.84. The second-order valence-corrected chi connectivity index (χ2v) is 6.68. The number of esters is 1. The summed E-state index contributed by atoms with van der Waals surface area (Å²) in [5.74, 6) is -1.03. The van der Waals surface area contributed by atoms with Crippen LogP contribution in [0.2, 0.25) is 0 Å². The first-order chi connectivity index (χ1) is 15.8. The molecule has 12 nitrogen and oxygen atoms in total. The number of hydrogen-bond donors (Lipinski definition) is 1. The van der Waals surface area contributed by atoms with E-state index in [4.69, 9.17) is 14.2 Å². The number of H-pyrrole nitrogens is 1. The van der Waals surface area contributed by atoms with E-state index in [1.807, 2.05) is 0 Å². The largest absolute Gasteiger partial charge is 0.493 e. The van der Waals surface area contributed by atoms with Crippen LogP contribution in [-0.4, -0.2) is 46.6 Å². The van der Waals surface area contributed by atoms with Gasteiger partial charge in [-0.2, -0.15) is 5.10 Å². The number of nitrogens with one attached hydrogen (secondary N) is 1. The number of hydrogen-bond acceptors (Lipinski definition) is 9. The predicted octanol–water partition coefficient (Wildman–Crippen LogP) is 1.82. The van der Waals surface area contributed by atoms with Gasteiger partial charge in [0.1, 0.15) is 0 Å². The van der Waals surface area contributed by atoms with Gasteiger partial charge in [-0.25, -0.2) is 9.59 Å². The van der Waals surface area contributed by atoms with Gasteiger partial charge in [0.2, 0.25) is 5.75 Å². The smallest absolute Gasteiger partial charge is 0.349 e. The van der Waals surface area contributed by atoms with Crippen molar-refractivity contribution in [3.8, 4) is 11.5 Å². The minimum atomic E-state index is -1.13. The Bertz CT molecular complexity index is 1360. The lowest BCUT2D eigenvalue weighted by molar-refractivity contribution is -0.386. The molecule has 0 aliphatic rings. The number of ether oxygens (including phenoxy) is 3. The van der Waals surface area contributed by atoms with Gasteiger partial charge in [0.05, 0.1) is 35.8 Å². The molecular weight excluding hydrogens is 436 g/mol. The molecule has 0 saturated heterocycles. The molecule has 0 saturated carbocycles. The van der Waals surface area contributed by atoms with Gasteiger partial charge in [-0.15, -0.1) is 4.68 Å². The molecule has 0 aliphatic heterocycles. The molecule has 1 unspecified atom stereocenters. The summed E-state index contributed by atoms with van der Waals surface area (Å²) in [6, 6.07) is 8.88. The monoisotopic (exact) mass is 456 g/mol. The van der Waals surface area contributed by atoms with Crippen molar-refractivity contribution in [2.24, 2.45) is 5.10 Å². The van der Waals surface area contributed by atoms with Crippen molar-refractivity contribution < 1.29 is 23.9 Å². The van der Waals surface area contributed by atoms with Crippen molar-refractivity contribution in [2.45, 2.75) is 20.0 Å². The van der Waals surface area contributed by atoms with Crippen molar-refractivity contribution in [1.29, 1.82) is 0 Å². The molecule has 172 valence electrons. The third-order valence-corrected chi connectivity index (χ3v) is 4.49. The Balaban J connectivity index is 2.04. The van der Waals surface area contributed by atoms with E-state index in [-0.39, 0.29) is 29.1 Å². The van der Waals surface area contributed by atoms with Crippen LogP contribution < -0.4 is 20.7 Å². The van der Waals surface area contributed by atoms with E-state index in [0.717, 1.165) is 12.3 Å². The van der Waals surface area contributed by atoms with E-state index >= 15 is 0 Å². The average Bonchev–Trinajstić information content (AvgIpc) is 2.79. The van der Waals surface area contributed by atoms with Gasteiger partial charge in [0, 0.05) is 11.6 Å². The average molecular weight is 456 g/mol. The van der Waals surface area contributed by atoms with Crippen LogP contribution in [0, 0.1) is 10.1 Å². The number of nitro benzene ring substituents is 1. The van der Waals surface area contributed by atoms with E-state index in [1.54, 1.807) is 25.1 Å². The Morgan fingerprint density at radius 1 is 1.30 bits per heavy atom. The molecule has 0 aliphatic carbocycles. The molecule has 0 radical (unpaired) electrons. The second kappa shape index (κ2) is 9.77. The Labute approximate surface area is 186 Å². The van der Waals surface area contributed by atoms with Crippen molar-refractivity contribution in [3.05, 3.63) is 72.9 Å². The summed E-state index contributed by atoms with van der Waals surface area (Å²) in [7, 11) is 1.26. The van der Waals surface area contributed by atoms with Crippen LogP contribution in [0.3, 0.4) is 0 Å². The number of nitrogens with zero attached hydrogens (tertiary/aromatic N) is 3. The Hall–Kier alpha value is -4.48. The fourth-order valence-electron chi connectivity index (χ4n) is 2.96. The summed E-state index contributed by atoms with van der Waals surface area (Å²) in [6.45, 7) is 3.12. The fraction of sp³-hybridized carbons (Fsp3) is 0.238. The predicted molar refractivity (Wildman–Crippen MR) is 118 cm³/mol. The SMILES string of the molecule is CCOC(=O)C(C)Oc1c(OC)cc(C=Nn2c(=O)[nH]c3ccccc3c2=O)cc1[N+](=O)[O-]. The molecule has 0 amide bonds. The van der Waals surface area contributed by atoms with Crippen molar-refractivity contribution in [1.82, 2.24) is 9.66 Å². The number of aromatic nitrogens is 2. The molecule has 1 atom stereocenters. The first-order valence-electron chi connectivity index (χ1n) is 9.75. The molecular formula is C21H20N4O8. The molecule has 33 heavy (non-hydrogen) atoms. The van der Waals surface area contributed by atoms with Crippen LogP contribution in [0.5, 0.6) is 11.5 Å². The molecule has 1 heterocycles. The van der Waals surface area contributed by atoms with Gasteiger partial charge in [-0.05, 0) is 32.0 Å². The molecule has 0 bridgehead atoms. The maximum absolute atomic E-state index is 12.6. The third kappa shape index (κ3) is 4.89. The minimum absolute atomic E-state index is 0.0541. The summed E-state index contributed by atoms with van der Waals surface area (Å²) in [6.07, 6.45) is -0.0359. The normalized spacial score (nSPS) is 12.0. The quantitative estimate of drug-likeness (QED) is 0.233. The first kappa shape index (κ1) is 23.2. The van der Waals surface area contributed by atoms with Gasteiger partial charge in [0.15, 0.2) is 11.9 Å². The van der Waals surface area contributed by atoms with Gasteiger partial charge in [0.25, 0.3) is 5.56 Å². The van der Waals surface area contributed by atoms with Crippen molar-refractivity contribution in [2.75, 3.05) is 13.7 Å². The molecule has 3 rings (SSSR count). The van der Waals surface area contributed by atoms with Crippen molar-refractivity contribution >= 4 is 28.8 Å². The highest BCUT2D eigenvalue weighted by Gasteiger charge is 2.27. The maximum atomic E-state index is 12.6. The number of methoxy groups -OCH3 is 1.